The Kier molecular flexibility index (Phi) is 4.10. The maximum atomic E-state index is 11.6. The van der Waals surface area contributed by atoms with Gasteiger partial charge in [-0.25, -0.2) is 4.79 Å². The topological polar surface area (TPSA) is 48.1 Å². The number of benzene rings is 1. The van der Waals surface area contributed by atoms with Crippen molar-refractivity contribution in [2.45, 2.75) is 38.4 Å². The third-order valence-electron chi connectivity index (χ3n) is 3.45. The minimum absolute atomic E-state index is 0.250. The standard InChI is InChI=1S/C15H20O4/c1-4-18-14(16)13-15(2,19-13)10-9-11-5-7-12(17-3)8-6-11/h5-8,13H,4,9-10H2,1-3H3. The van der Waals surface area contributed by atoms with Crippen molar-refractivity contribution in [3.63, 3.8) is 0 Å². The molecule has 1 fully saturated rings. The van der Waals surface area contributed by atoms with Gasteiger partial charge in [-0.1, -0.05) is 12.1 Å². The van der Waals surface area contributed by atoms with Gasteiger partial charge in [-0.05, 0) is 44.4 Å². The zero-order chi connectivity index (χ0) is 13.9. The van der Waals surface area contributed by atoms with Crippen molar-refractivity contribution in [1.29, 1.82) is 0 Å². The molecule has 4 heteroatoms. The molecule has 0 amide bonds. The Balaban J connectivity index is 1.84. The van der Waals surface area contributed by atoms with Gasteiger partial charge in [-0.3, -0.25) is 0 Å². The molecule has 1 saturated heterocycles. The lowest BCUT2D eigenvalue weighted by atomic mass is 9.98. The molecule has 0 radical (unpaired) electrons. The van der Waals surface area contributed by atoms with Gasteiger partial charge in [0.2, 0.25) is 0 Å². The van der Waals surface area contributed by atoms with Gasteiger partial charge in [-0.2, -0.15) is 0 Å². The van der Waals surface area contributed by atoms with Crippen molar-refractivity contribution in [2.24, 2.45) is 0 Å². The Labute approximate surface area is 113 Å². The maximum Gasteiger partial charge on any atom is 0.338 e. The quantitative estimate of drug-likeness (QED) is 0.584. The van der Waals surface area contributed by atoms with E-state index in [2.05, 4.69) is 0 Å². The fourth-order valence-electron chi connectivity index (χ4n) is 2.13. The summed E-state index contributed by atoms with van der Waals surface area (Å²) in [5.74, 6) is 0.599. The molecule has 104 valence electrons. The molecule has 1 aliphatic rings. The van der Waals surface area contributed by atoms with Gasteiger partial charge in [-0.15, -0.1) is 0 Å². The summed E-state index contributed by atoms with van der Waals surface area (Å²) in [6, 6.07) is 7.94. The van der Waals surface area contributed by atoms with Crippen LogP contribution in [0.5, 0.6) is 5.75 Å². The van der Waals surface area contributed by atoms with E-state index in [0.717, 1.165) is 18.6 Å². The Morgan fingerprint density at radius 2 is 2.05 bits per heavy atom. The molecule has 2 rings (SSSR count). The molecule has 0 aromatic heterocycles. The normalized spacial score (nSPS) is 24.9. The molecule has 2 atom stereocenters. The van der Waals surface area contributed by atoms with Crippen LogP contribution in [0.15, 0.2) is 24.3 Å². The molecular formula is C15H20O4. The Hall–Kier alpha value is -1.55. The number of carbonyl (C=O) groups is 1. The molecule has 1 aliphatic heterocycles. The highest BCUT2D eigenvalue weighted by molar-refractivity contribution is 5.79. The molecule has 1 aromatic rings. The number of methoxy groups -OCH3 is 1. The van der Waals surface area contributed by atoms with E-state index in [1.165, 1.54) is 5.56 Å². The number of aryl methyl sites for hydroxylation is 1. The predicted molar refractivity (Wildman–Crippen MR) is 71.2 cm³/mol. The summed E-state index contributed by atoms with van der Waals surface area (Å²) < 4.78 is 15.6. The van der Waals surface area contributed by atoms with Crippen molar-refractivity contribution in [2.75, 3.05) is 13.7 Å². The smallest absolute Gasteiger partial charge is 0.338 e. The first kappa shape index (κ1) is 13.9. The second-order valence-electron chi connectivity index (χ2n) is 4.91. The van der Waals surface area contributed by atoms with Crippen LogP contribution in [-0.2, 0) is 20.7 Å². The fraction of sp³-hybridized carbons (Fsp3) is 0.533. The molecular weight excluding hydrogens is 244 g/mol. The zero-order valence-corrected chi connectivity index (χ0v) is 11.6. The first-order valence-electron chi connectivity index (χ1n) is 6.56. The first-order chi connectivity index (χ1) is 9.09. The number of carbonyl (C=O) groups excluding carboxylic acids is 1. The molecule has 0 bridgehead atoms. The number of epoxide rings is 1. The summed E-state index contributed by atoms with van der Waals surface area (Å²) in [4.78, 5) is 11.6. The van der Waals surface area contributed by atoms with Gasteiger partial charge in [0.1, 0.15) is 11.4 Å². The van der Waals surface area contributed by atoms with E-state index < -0.39 is 6.10 Å². The summed E-state index contributed by atoms with van der Waals surface area (Å²) in [6.07, 6.45) is 1.28. The Morgan fingerprint density at radius 1 is 1.37 bits per heavy atom. The number of rotatable bonds is 6. The second-order valence-corrected chi connectivity index (χ2v) is 4.91. The lowest BCUT2D eigenvalue weighted by Gasteiger charge is -2.07. The van der Waals surface area contributed by atoms with Crippen LogP contribution in [0.25, 0.3) is 0 Å². The van der Waals surface area contributed by atoms with Crippen LogP contribution in [0.3, 0.4) is 0 Å². The zero-order valence-electron chi connectivity index (χ0n) is 11.6. The summed E-state index contributed by atoms with van der Waals surface area (Å²) in [7, 11) is 1.65. The largest absolute Gasteiger partial charge is 0.497 e. The van der Waals surface area contributed by atoms with E-state index in [1.54, 1.807) is 14.0 Å². The van der Waals surface area contributed by atoms with Crippen LogP contribution in [0.2, 0.25) is 0 Å². The van der Waals surface area contributed by atoms with Crippen LogP contribution >= 0.6 is 0 Å². The van der Waals surface area contributed by atoms with Gasteiger partial charge in [0.15, 0.2) is 6.10 Å². The minimum Gasteiger partial charge on any atom is -0.497 e. The third-order valence-corrected chi connectivity index (χ3v) is 3.45. The molecule has 19 heavy (non-hydrogen) atoms. The second kappa shape index (κ2) is 5.61. The van der Waals surface area contributed by atoms with Crippen LogP contribution < -0.4 is 4.74 Å². The van der Waals surface area contributed by atoms with E-state index in [9.17, 15) is 4.79 Å². The summed E-state index contributed by atoms with van der Waals surface area (Å²) in [5.41, 5.74) is 0.840. The average molecular weight is 264 g/mol. The third kappa shape index (κ3) is 3.26. The molecule has 1 aromatic carbocycles. The summed E-state index contributed by atoms with van der Waals surface area (Å²) >= 11 is 0. The average Bonchev–Trinajstić information content (AvgIpc) is 3.10. The van der Waals surface area contributed by atoms with Gasteiger partial charge >= 0.3 is 5.97 Å². The lowest BCUT2D eigenvalue weighted by molar-refractivity contribution is -0.144. The highest BCUT2D eigenvalue weighted by Gasteiger charge is 2.57. The lowest BCUT2D eigenvalue weighted by Crippen LogP contribution is -2.20. The van der Waals surface area contributed by atoms with Gasteiger partial charge < -0.3 is 14.2 Å². The van der Waals surface area contributed by atoms with Crippen LogP contribution in [0, 0.1) is 0 Å². The number of hydrogen-bond acceptors (Lipinski definition) is 4. The first-order valence-corrected chi connectivity index (χ1v) is 6.56. The molecule has 0 spiro atoms. The number of esters is 1. The van der Waals surface area contributed by atoms with Crippen molar-refractivity contribution in [3.8, 4) is 5.75 Å². The summed E-state index contributed by atoms with van der Waals surface area (Å²) in [6.45, 7) is 4.15. The summed E-state index contributed by atoms with van der Waals surface area (Å²) in [5, 5.41) is 0. The molecule has 0 saturated carbocycles. The van der Waals surface area contributed by atoms with Crippen LogP contribution in [0.4, 0.5) is 0 Å². The van der Waals surface area contributed by atoms with E-state index in [1.807, 2.05) is 31.2 Å². The van der Waals surface area contributed by atoms with E-state index in [4.69, 9.17) is 14.2 Å². The maximum absolute atomic E-state index is 11.6. The van der Waals surface area contributed by atoms with E-state index >= 15 is 0 Å². The fourth-order valence-corrected chi connectivity index (χ4v) is 2.13. The van der Waals surface area contributed by atoms with Gasteiger partial charge in [0.25, 0.3) is 0 Å². The van der Waals surface area contributed by atoms with E-state index in [0.29, 0.717) is 6.61 Å². The molecule has 2 unspecified atom stereocenters. The molecule has 0 aliphatic carbocycles. The minimum atomic E-state index is -0.398. The van der Waals surface area contributed by atoms with Crippen LogP contribution in [-0.4, -0.2) is 31.4 Å². The highest BCUT2D eigenvalue weighted by atomic mass is 16.7. The van der Waals surface area contributed by atoms with Crippen molar-refractivity contribution in [1.82, 2.24) is 0 Å². The van der Waals surface area contributed by atoms with Crippen molar-refractivity contribution in [3.05, 3.63) is 29.8 Å². The predicted octanol–water partition coefficient (Wildman–Crippen LogP) is 2.35. The van der Waals surface area contributed by atoms with Gasteiger partial charge in [0.05, 0.1) is 13.7 Å². The highest BCUT2D eigenvalue weighted by Crippen LogP contribution is 2.41. The number of ether oxygens (including phenoxy) is 3. The SMILES string of the molecule is CCOC(=O)C1OC1(C)CCc1ccc(OC)cc1. The molecule has 4 nitrogen and oxygen atoms in total. The van der Waals surface area contributed by atoms with E-state index in [-0.39, 0.29) is 11.6 Å². The van der Waals surface area contributed by atoms with Crippen LogP contribution in [0.1, 0.15) is 25.8 Å². The monoisotopic (exact) mass is 264 g/mol. The molecule has 1 heterocycles. The molecule has 0 N–H and O–H groups in total. The van der Waals surface area contributed by atoms with Crippen molar-refractivity contribution < 1.29 is 19.0 Å². The number of hydrogen-bond donors (Lipinski definition) is 0. The Morgan fingerprint density at radius 3 is 2.63 bits per heavy atom. The Bertz CT molecular complexity index is 440. The van der Waals surface area contributed by atoms with Gasteiger partial charge in [0, 0.05) is 0 Å². The van der Waals surface area contributed by atoms with Crippen molar-refractivity contribution >= 4 is 5.97 Å².